The van der Waals surface area contributed by atoms with Crippen LogP contribution < -0.4 is 16.8 Å². The molecule has 0 aromatic heterocycles. The van der Waals surface area contributed by atoms with E-state index in [2.05, 4.69) is 5.32 Å². The topological polar surface area (TPSA) is 64.1 Å². The van der Waals surface area contributed by atoms with E-state index < -0.39 is 17.5 Å². The first kappa shape index (κ1) is 12.5. The number of alkyl halides is 3. The van der Waals surface area contributed by atoms with Crippen molar-refractivity contribution < 1.29 is 13.2 Å². The van der Waals surface area contributed by atoms with Gasteiger partial charge < -0.3 is 11.1 Å². The van der Waals surface area contributed by atoms with Crippen LogP contribution in [0.3, 0.4) is 0 Å². The van der Waals surface area contributed by atoms with Crippen molar-refractivity contribution in [3.05, 3.63) is 59.4 Å². The van der Waals surface area contributed by atoms with Crippen molar-refractivity contribution in [3.63, 3.8) is 0 Å². The Bertz CT molecular complexity index is 505. The number of dihydropyridines is 1. The van der Waals surface area contributed by atoms with Crippen LogP contribution >= 0.6 is 0 Å². The first-order valence-corrected chi connectivity index (χ1v) is 5.22. The monoisotopic (exact) mass is 255 g/mol. The summed E-state index contributed by atoms with van der Waals surface area (Å²) >= 11 is 0. The second kappa shape index (κ2) is 4.06. The number of rotatable bonds is 1. The maximum Gasteiger partial charge on any atom is 0.430 e. The molecule has 5 N–H and O–H groups in total. The molecule has 0 saturated heterocycles. The van der Waals surface area contributed by atoms with Crippen molar-refractivity contribution in [2.45, 2.75) is 11.8 Å². The maximum absolute atomic E-state index is 12.7. The molecule has 96 valence electrons. The molecular weight excluding hydrogens is 243 g/mol. The molecule has 1 unspecified atom stereocenters. The summed E-state index contributed by atoms with van der Waals surface area (Å²) < 4.78 is 38.0. The van der Waals surface area contributed by atoms with Crippen LogP contribution in [0.1, 0.15) is 5.56 Å². The number of benzene rings is 1. The van der Waals surface area contributed by atoms with Crippen LogP contribution in [0.25, 0.3) is 0 Å². The Morgan fingerprint density at radius 2 is 1.67 bits per heavy atom. The second-order valence-electron chi connectivity index (χ2n) is 4.00. The predicted octanol–water partition coefficient (Wildman–Crippen LogP) is 1.69. The highest BCUT2D eigenvalue weighted by Crippen LogP contribution is 2.32. The van der Waals surface area contributed by atoms with Gasteiger partial charge in [-0.3, -0.25) is 5.73 Å². The van der Waals surface area contributed by atoms with Gasteiger partial charge in [-0.05, 0) is 17.7 Å². The van der Waals surface area contributed by atoms with Gasteiger partial charge in [0.2, 0.25) is 0 Å². The minimum atomic E-state index is -4.49. The molecule has 0 radical (unpaired) electrons. The van der Waals surface area contributed by atoms with Crippen molar-refractivity contribution in [2.24, 2.45) is 11.5 Å². The third-order valence-electron chi connectivity index (χ3n) is 2.75. The third kappa shape index (κ3) is 2.06. The molecule has 1 aromatic rings. The molecule has 1 aromatic carbocycles. The van der Waals surface area contributed by atoms with Crippen molar-refractivity contribution in [1.29, 1.82) is 0 Å². The van der Waals surface area contributed by atoms with Gasteiger partial charge in [0.05, 0.1) is 5.70 Å². The molecule has 3 nitrogen and oxygen atoms in total. The quantitative estimate of drug-likeness (QED) is 0.715. The van der Waals surface area contributed by atoms with Gasteiger partial charge in [0.15, 0.2) is 5.66 Å². The van der Waals surface area contributed by atoms with E-state index in [0.717, 1.165) is 6.08 Å². The van der Waals surface area contributed by atoms with Gasteiger partial charge in [0, 0.05) is 0 Å². The van der Waals surface area contributed by atoms with E-state index in [9.17, 15) is 13.2 Å². The summed E-state index contributed by atoms with van der Waals surface area (Å²) in [5.74, 6) is 0. The van der Waals surface area contributed by atoms with Gasteiger partial charge in [-0.1, -0.05) is 30.3 Å². The summed E-state index contributed by atoms with van der Waals surface area (Å²) in [6.45, 7) is 0. The molecular formula is C12H12F3N3. The lowest BCUT2D eigenvalue weighted by Gasteiger charge is -2.36. The molecule has 0 amide bonds. The summed E-state index contributed by atoms with van der Waals surface area (Å²) in [6, 6.07) is 8.35. The van der Waals surface area contributed by atoms with Crippen molar-refractivity contribution in [2.75, 3.05) is 0 Å². The zero-order valence-corrected chi connectivity index (χ0v) is 9.33. The summed E-state index contributed by atoms with van der Waals surface area (Å²) in [6.07, 6.45) is -2.44. The van der Waals surface area contributed by atoms with Gasteiger partial charge in [-0.25, -0.2) is 0 Å². The van der Waals surface area contributed by atoms with Gasteiger partial charge in [-0.15, -0.1) is 0 Å². The highest BCUT2D eigenvalue weighted by atomic mass is 19.4. The van der Waals surface area contributed by atoms with Crippen LogP contribution in [-0.4, -0.2) is 6.18 Å². The van der Waals surface area contributed by atoms with E-state index in [4.69, 9.17) is 11.5 Å². The predicted molar refractivity (Wildman–Crippen MR) is 61.9 cm³/mol. The molecule has 2 rings (SSSR count). The number of nitrogens with two attached hydrogens (primary N) is 2. The smallest absolute Gasteiger partial charge is 0.399 e. The van der Waals surface area contributed by atoms with Crippen LogP contribution in [0.5, 0.6) is 0 Å². The van der Waals surface area contributed by atoms with Gasteiger partial charge >= 0.3 is 6.18 Å². The van der Waals surface area contributed by atoms with Crippen LogP contribution in [0, 0.1) is 0 Å². The first-order chi connectivity index (χ1) is 8.34. The second-order valence-corrected chi connectivity index (χ2v) is 4.00. The molecule has 0 aliphatic carbocycles. The highest BCUT2D eigenvalue weighted by Gasteiger charge is 2.42. The first-order valence-electron chi connectivity index (χ1n) is 5.22. The SMILES string of the molecule is NC1=CC=C(C(F)(F)F)NC1(N)c1ccccc1. The molecule has 6 heteroatoms. The van der Waals surface area contributed by atoms with Crippen LogP contribution in [0.4, 0.5) is 13.2 Å². The molecule has 0 bridgehead atoms. The molecule has 1 heterocycles. The third-order valence-corrected chi connectivity index (χ3v) is 2.75. The Morgan fingerprint density at radius 3 is 2.22 bits per heavy atom. The number of halogens is 3. The Hall–Kier alpha value is -1.95. The highest BCUT2D eigenvalue weighted by molar-refractivity contribution is 5.40. The Balaban J connectivity index is 2.43. The van der Waals surface area contributed by atoms with Crippen LogP contribution in [0.15, 0.2) is 53.9 Å². The molecule has 18 heavy (non-hydrogen) atoms. The Labute approximate surface area is 102 Å². The van der Waals surface area contributed by atoms with Crippen LogP contribution in [0.2, 0.25) is 0 Å². The summed E-state index contributed by atoms with van der Waals surface area (Å²) in [5.41, 5.74) is 9.82. The lowest BCUT2D eigenvalue weighted by atomic mass is 9.94. The van der Waals surface area contributed by atoms with Crippen molar-refractivity contribution >= 4 is 0 Å². The number of allylic oxidation sites excluding steroid dienone is 3. The zero-order valence-electron chi connectivity index (χ0n) is 9.33. The minimum Gasteiger partial charge on any atom is -0.399 e. The summed E-state index contributed by atoms with van der Waals surface area (Å²) in [4.78, 5) is 0. The van der Waals surface area contributed by atoms with E-state index in [1.807, 2.05) is 0 Å². The van der Waals surface area contributed by atoms with Gasteiger partial charge in [-0.2, -0.15) is 13.2 Å². The van der Waals surface area contributed by atoms with E-state index in [0.29, 0.717) is 5.56 Å². The molecule has 0 spiro atoms. The van der Waals surface area contributed by atoms with E-state index in [1.165, 1.54) is 6.08 Å². The molecule has 1 atom stereocenters. The summed E-state index contributed by atoms with van der Waals surface area (Å²) in [7, 11) is 0. The number of hydrogen-bond donors (Lipinski definition) is 3. The van der Waals surface area contributed by atoms with Crippen LogP contribution in [-0.2, 0) is 5.66 Å². The number of nitrogens with one attached hydrogen (secondary N) is 1. The van der Waals surface area contributed by atoms with Gasteiger partial charge in [0.25, 0.3) is 0 Å². The molecule has 0 saturated carbocycles. The maximum atomic E-state index is 12.7. The number of hydrogen-bond acceptors (Lipinski definition) is 3. The fourth-order valence-corrected chi connectivity index (χ4v) is 1.74. The Morgan fingerprint density at radius 1 is 1.06 bits per heavy atom. The normalized spacial score (nSPS) is 24.0. The van der Waals surface area contributed by atoms with Crippen molar-refractivity contribution in [3.8, 4) is 0 Å². The standard InChI is InChI=1S/C12H12F3N3/c13-12(14,15)10-7-6-9(16)11(17,18-10)8-4-2-1-3-5-8/h1-7,18H,16-17H2. The lowest BCUT2D eigenvalue weighted by Crippen LogP contribution is -2.56. The zero-order chi connectivity index (χ0) is 13.4. The minimum absolute atomic E-state index is 0.127. The van der Waals surface area contributed by atoms with Crippen molar-refractivity contribution in [1.82, 2.24) is 5.32 Å². The molecule has 0 fully saturated rings. The fraction of sp³-hybridized carbons (Fsp3) is 0.167. The fourth-order valence-electron chi connectivity index (χ4n) is 1.74. The average molecular weight is 255 g/mol. The van der Waals surface area contributed by atoms with E-state index in [-0.39, 0.29) is 5.70 Å². The lowest BCUT2D eigenvalue weighted by molar-refractivity contribution is -0.0995. The molecule has 1 aliphatic heterocycles. The Kier molecular flexibility index (Phi) is 2.82. The van der Waals surface area contributed by atoms with E-state index >= 15 is 0 Å². The molecule has 1 aliphatic rings. The largest absolute Gasteiger partial charge is 0.430 e. The van der Waals surface area contributed by atoms with E-state index in [1.54, 1.807) is 30.3 Å². The summed E-state index contributed by atoms with van der Waals surface area (Å²) in [5, 5.41) is 2.26. The van der Waals surface area contributed by atoms with Gasteiger partial charge in [0.1, 0.15) is 5.70 Å². The average Bonchev–Trinajstić information content (AvgIpc) is 2.32.